The zero-order valence-electron chi connectivity index (χ0n) is 9.11. The van der Waals surface area contributed by atoms with Gasteiger partial charge < -0.3 is 5.11 Å². The fraction of sp³-hybridized carbons (Fsp3) is 0.143. The van der Waals surface area contributed by atoms with Gasteiger partial charge in [-0.05, 0) is 35.4 Å². The minimum absolute atomic E-state index is 0.301. The van der Waals surface area contributed by atoms with Crippen molar-refractivity contribution in [2.75, 3.05) is 0 Å². The predicted molar refractivity (Wildman–Crippen MR) is 61.5 cm³/mol. The van der Waals surface area contributed by atoms with Gasteiger partial charge in [-0.25, -0.2) is 8.78 Å². The van der Waals surface area contributed by atoms with Crippen molar-refractivity contribution in [3.8, 4) is 0 Å². The molecule has 1 N–H and O–H groups in total. The fourth-order valence-corrected chi connectivity index (χ4v) is 1.65. The summed E-state index contributed by atoms with van der Waals surface area (Å²) >= 11 is 0. The van der Waals surface area contributed by atoms with Crippen molar-refractivity contribution >= 4 is 0 Å². The Morgan fingerprint density at radius 3 is 1.82 bits per heavy atom. The highest BCUT2D eigenvalue weighted by molar-refractivity contribution is 5.23. The molecule has 0 aromatic heterocycles. The fourth-order valence-electron chi connectivity index (χ4n) is 1.65. The van der Waals surface area contributed by atoms with Crippen LogP contribution in [0, 0.1) is 11.6 Å². The second kappa shape index (κ2) is 5.06. The monoisotopic (exact) mass is 234 g/mol. The van der Waals surface area contributed by atoms with Crippen LogP contribution in [0.25, 0.3) is 0 Å². The molecule has 0 heterocycles. The second-order valence-corrected chi connectivity index (χ2v) is 3.90. The van der Waals surface area contributed by atoms with Crippen molar-refractivity contribution in [3.05, 3.63) is 71.3 Å². The zero-order chi connectivity index (χ0) is 12.3. The van der Waals surface area contributed by atoms with Crippen LogP contribution in [0.2, 0.25) is 0 Å². The predicted octanol–water partition coefficient (Wildman–Crippen LogP) is 3.24. The van der Waals surface area contributed by atoms with Gasteiger partial charge in [-0.1, -0.05) is 24.3 Å². The molecule has 0 radical (unpaired) electrons. The number of hydrogen-bond donors (Lipinski definition) is 1. The summed E-state index contributed by atoms with van der Waals surface area (Å²) in [6, 6.07) is 11.7. The topological polar surface area (TPSA) is 20.2 Å². The standard InChI is InChI=1S/C14H12F2O/c15-12-5-1-10(2-6-12)9-14(17)11-3-7-13(16)8-4-11/h1-8,14,17H,9H2. The molecule has 1 unspecified atom stereocenters. The van der Waals surface area contributed by atoms with Crippen LogP contribution >= 0.6 is 0 Å². The maximum absolute atomic E-state index is 12.7. The molecule has 0 amide bonds. The third kappa shape index (κ3) is 3.11. The number of rotatable bonds is 3. The van der Waals surface area contributed by atoms with E-state index in [0.717, 1.165) is 5.56 Å². The van der Waals surface area contributed by atoms with Crippen LogP contribution in [0.4, 0.5) is 8.78 Å². The van der Waals surface area contributed by atoms with Gasteiger partial charge in [-0.3, -0.25) is 0 Å². The van der Waals surface area contributed by atoms with Crippen LogP contribution in [-0.2, 0) is 6.42 Å². The first-order chi connectivity index (χ1) is 8.15. The summed E-state index contributed by atoms with van der Waals surface area (Å²) in [5.41, 5.74) is 1.49. The number of benzene rings is 2. The quantitative estimate of drug-likeness (QED) is 0.864. The molecule has 88 valence electrons. The lowest BCUT2D eigenvalue weighted by Crippen LogP contribution is -2.01. The third-order valence-corrected chi connectivity index (χ3v) is 2.60. The summed E-state index contributed by atoms with van der Waals surface area (Å²) in [7, 11) is 0. The molecule has 0 aliphatic rings. The SMILES string of the molecule is OC(Cc1ccc(F)cc1)c1ccc(F)cc1. The van der Waals surface area contributed by atoms with Crippen LogP contribution in [0.1, 0.15) is 17.2 Å². The maximum atomic E-state index is 12.7. The molecular formula is C14H12F2O. The van der Waals surface area contributed by atoms with E-state index >= 15 is 0 Å². The minimum atomic E-state index is -0.707. The number of aliphatic hydroxyl groups excluding tert-OH is 1. The molecule has 0 saturated carbocycles. The zero-order valence-corrected chi connectivity index (χ0v) is 9.11. The second-order valence-electron chi connectivity index (χ2n) is 3.90. The normalized spacial score (nSPS) is 12.4. The van der Waals surface area contributed by atoms with Gasteiger partial charge >= 0.3 is 0 Å². The first-order valence-corrected chi connectivity index (χ1v) is 5.33. The van der Waals surface area contributed by atoms with Crippen molar-refractivity contribution < 1.29 is 13.9 Å². The molecule has 2 rings (SSSR count). The number of hydrogen-bond acceptors (Lipinski definition) is 1. The van der Waals surface area contributed by atoms with Gasteiger partial charge in [0.15, 0.2) is 0 Å². The Hall–Kier alpha value is -1.74. The van der Waals surface area contributed by atoms with Gasteiger partial charge in [0.2, 0.25) is 0 Å². The molecule has 3 heteroatoms. The summed E-state index contributed by atoms with van der Waals surface area (Å²) in [5, 5.41) is 9.92. The van der Waals surface area contributed by atoms with Gasteiger partial charge in [0.05, 0.1) is 6.10 Å². The van der Waals surface area contributed by atoms with E-state index in [0.29, 0.717) is 12.0 Å². The van der Waals surface area contributed by atoms with E-state index < -0.39 is 6.10 Å². The molecule has 0 aliphatic carbocycles. The lowest BCUT2D eigenvalue weighted by molar-refractivity contribution is 0.178. The summed E-state index contributed by atoms with van der Waals surface area (Å²) in [6.07, 6.45) is -0.326. The van der Waals surface area contributed by atoms with Gasteiger partial charge in [0.1, 0.15) is 11.6 Å². The average Bonchev–Trinajstić information content (AvgIpc) is 2.33. The van der Waals surface area contributed by atoms with E-state index in [2.05, 4.69) is 0 Å². The molecule has 1 atom stereocenters. The summed E-state index contributed by atoms with van der Waals surface area (Å²) in [6.45, 7) is 0. The summed E-state index contributed by atoms with van der Waals surface area (Å²) in [5.74, 6) is -0.632. The molecule has 1 nitrogen and oxygen atoms in total. The van der Waals surface area contributed by atoms with E-state index in [1.54, 1.807) is 24.3 Å². The van der Waals surface area contributed by atoms with Crippen LogP contribution in [0.5, 0.6) is 0 Å². The lowest BCUT2D eigenvalue weighted by atomic mass is 10.0. The van der Waals surface area contributed by atoms with Crippen LogP contribution in [0.3, 0.4) is 0 Å². The molecule has 0 aliphatic heterocycles. The Kier molecular flexibility index (Phi) is 3.49. The van der Waals surface area contributed by atoms with Crippen molar-refractivity contribution in [1.82, 2.24) is 0 Å². The van der Waals surface area contributed by atoms with E-state index in [4.69, 9.17) is 0 Å². The first-order valence-electron chi connectivity index (χ1n) is 5.33. The Labute approximate surface area is 98.3 Å². The first kappa shape index (κ1) is 11.7. The van der Waals surface area contributed by atoms with E-state index in [1.807, 2.05) is 0 Å². The van der Waals surface area contributed by atoms with E-state index in [9.17, 15) is 13.9 Å². The minimum Gasteiger partial charge on any atom is -0.388 e. The third-order valence-electron chi connectivity index (χ3n) is 2.60. The molecule has 0 saturated heterocycles. The Morgan fingerprint density at radius 1 is 0.824 bits per heavy atom. The van der Waals surface area contributed by atoms with E-state index in [-0.39, 0.29) is 11.6 Å². The number of aliphatic hydroxyl groups is 1. The molecule has 0 spiro atoms. The molecule has 0 fully saturated rings. The van der Waals surface area contributed by atoms with Crippen molar-refractivity contribution in [3.63, 3.8) is 0 Å². The van der Waals surface area contributed by atoms with Crippen molar-refractivity contribution in [1.29, 1.82) is 0 Å². The van der Waals surface area contributed by atoms with Gasteiger partial charge in [0, 0.05) is 6.42 Å². The molecular weight excluding hydrogens is 222 g/mol. The highest BCUT2D eigenvalue weighted by atomic mass is 19.1. The maximum Gasteiger partial charge on any atom is 0.123 e. The molecule has 2 aromatic carbocycles. The number of halogens is 2. The van der Waals surface area contributed by atoms with Crippen LogP contribution in [0.15, 0.2) is 48.5 Å². The molecule has 2 aromatic rings. The lowest BCUT2D eigenvalue weighted by Gasteiger charge is -2.10. The highest BCUT2D eigenvalue weighted by Gasteiger charge is 2.08. The Bertz CT molecular complexity index is 477. The molecule has 17 heavy (non-hydrogen) atoms. The van der Waals surface area contributed by atoms with Crippen molar-refractivity contribution in [2.45, 2.75) is 12.5 Å². The van der Waals surface area contributed by atoms with Crippen molar-refractivity contribution in [2.24, 2.45) is 0 Å². The highest BCUT2D eigenvalue weighted by Crippen LogP contribution is 2.18. The van der Waals surface area contributed by atoms with Gasteiger partial charge in [0.25, 0.3) is 0 Å². The largest absolute Gasteiger partial charge is 0.388 e. The van der Waals surface area contributed by atoms with Crippen LogP contribution in [-0.4, -0.2) is 5.11 Å². The Balaban J connectivity index is 2.08. The van der Waals surface area contributed by atoms with Gasteiger partial charge in [-0.15, -0.1) is 0 Å². The van der Waals surface area contributed by atoms with Gasteiger partial charge in [-0.2, -0.15) is 0 Å². The Morgan fingerprint density at radius 2 is 1.29 bits per heavy atom. The average molecular weight is 234 g/mol. The smallest absolute Gasteiger partial charge is 0.123 e. The molecule has 0 bridgehead atoms. The summed E-state index contributed by atoms with van der Waals surface area (Å²) < 4.78 is 25.4. The van der Waals surface area contributed by atoms with Crippen LogP contribution < -0.4 is 0 Å². The summed E-state index contributed by atoms with van der Waals surface area (Å²) in [4.78, 5) is 0. The van der Waals surface area contributed by atoms with E-state index in [1.165, 1.54) is 24.3 Å².